The number of hydrogen-bond donors (Lipinski definition) is 1. The first-order chi connectivity index (χ1) is 6.45. The number of nitrogens with zero attached hydrogens (tertiary/aromatic N) is 4. The lowest BCUT2D eigenvalue weighted by molar-refractivity contribution is 0.975. The number of aromatic nitrogens is 4. The molecular weight excluding hydrogens is 166 g/mol. The molecule has 0 bridgehead atoms. The van der Waals surface area contributed by atoms with Gasteiger partial charge in [-0.3, -0.25) is 0 Å². The van der Waals surface area contributed by atoms with E-state index in [1.165, 1.54) is 6.20 Å². The molecule has 0 aliphatic rings. The molecule has 0 unspecified atom stereocenters. The molecule has 2 heterocycles. The van der Waals surface area contributed by atoms with Crippen molar-refractivity contribution >= 4 is 11.8 Å². The fourth-order valence-electron chi connectivity index (χ4n) is 0.856. The van der Waals surface area contributed by atoms with Gasteiger partial charge in [0, 0.05) is 6.20 Å². The average Bonchev–Trinajstić information content (AvgIpc) is 2.21. The van der Waals surface area contributed by atoms with Crippen molar-refractivity contribution in [2.45, 2.75) is 0 Å². The highest BCUT2D eigenvalue weighted by atomic mass is 15.2. The molecule has 0 radical (unpaired) electrons. The Morgan fingerprint density at radius 2 is 2.00 bits per heavy atom. The van der Waals surface area contributed by atoms with Crippen LogP contribution in [-0.4, -0.2) is 20.2 Å². The van der Waals surface area contributed by atoms with Crippen molar-refractivity contribution in [3.8, 4) is 0 Å². The van der Waals surface area contributed by atoms with E-state index in [1.54, 1.807) is 12.4 Å². The predicted octanol–water partition coefficient (Wildman–Crippen LogP) is 1.01. The van der Waals surface area contributed by atoms with Gasteiger partial charge in [-0.15, -0.1) is 5.10 Å². The minimum Gasteiger partial charge on any atom is -0.307 e. The van der Waals surface area contributed by atoms with Crippen molar-refractivity contribution < 1.29 is 0 Å². The van der Waals surface area contributed by atoms with E-state index in [1.807, 2.05) is 18.2 Å². The highest BCUT2D eigenvalue weighted by Gasteiger charge is 1.95. The topological polar surface area (TPSA) is 63.6 Å². The Bertz CT molecular complexity index is 323. The highest BCUT2D eigenvalue weighted by Crippen LogP contribution is 2.05. The van der Waals surface area contributed by atoms with Crippen molar-refractivity contribution in [1.29, 1.82) is 0 Å². The van der Waals surface area contributed by atoms with Gasteiger partial charge in [0.05, 0.1) is 12.4 Å². The van der Waals surface area contributed by atoms with Gasteiger partial charge in [0.1, 0.15) is 5.82 Å². The Hall–Kier alpha value is -2.04. The van der Waals surface area contributed by atoms with Crippen LogP contribution in [0.1, 0.15) is 0 Å². The zero-order valence-electron chi connectivity index (χ0n) is 6.75. The van der Waals surface area contributed by atoms with Gasteiger partial charge in [-0.25, -0.2) is 9.97 Å². The van der Waals surface area contributed by atoms with Crippen LogP contribution in [0.5, 0.6) is 0 Å². The van der Waals surface area contributed by atoms with Crippen molar-refractivity contribution in [2.24, 2.45) is 0 Å². The second-order valence-electron chi connectivity index (χ2n) is 2.31. The fraction of sp³-hybridized carbons (Fsp3) is 0. The van der Waals surface area contributed by atoms with Gasteiger partial charge >= 0.3 is 0 Å². The predicted molar refractivity (Wildman–Crippen MR) is 47.3 cm³/mol. The molecule has 0 aromatic carbocycles. The Morgan fingerprint density at radius 1 is 1.00 bits per heavy atom. The standard InChI is InChI=1S/C8H7N5/c1-2-4-9-7(3-1)12-8-10-5-6-11-13-8/h1-6H,(H,9,10,12,13). The number of nitrogens with one attached hydrogen (secondary N) is 1. The van der Waals surface area contributed by atoms with E-state index in [0.717, 1.165) is 0 Å². The third kappa shape index (κ3) is 1.96. The average molecular weight is 173 g/mol. The van der Waals surface area contributed by atoms with E-state index >= 15 is 0 Å². The van der Waals surface area contributed by atoms with E-state index in [2.05, 4.69) is 25.5 Å². The molecule has 13 heavy (non-hydrogen) atoms. The lowest BCUT2D eigenvalue weighted by Gasteiger charge is -2.00. The Morgan fingerprint density at radius 3 is 2.69 bits per heavy atom. The van der Waals surface area contributed by atoms with Crippen LogP contribution in [0.15, 0.2) is 36.8 Å². The summed E-state index contributed by atoms with van der Waals surface area (Å²) in [4.78, 5) is 8.00. The van der Waals surface area contributed by atoms with Crippen molar-refractivity contribution in [3.05, 3.63) is 36.8 Å². The molecule has 64 valence electrons. The van der Waals surface area contributed by atoms with Gasteiger partial charge in [0.25, 0.3) is 0 Å². The van der Waals surface area contributed by atoms with E-state index < -0.39 is 0 Å². The smallest absolute Gasteiger partial charge is 0.248 e. The lowest BCUT2D eigenvalue weighted by atomic mass is 10.5. The first kappa shape index (κ1) is 7.60. The minimum atomic E-state index is 0.446. The molecule has 0 spiro atoms. The van der Waals surface area contributed by atoms with Crippen LogP contribution < -0.4 is 5.32 Å². The molecule has 0 atom stereocenters. The highest BCUT2D eigenvalue weighted by molar-refractivity contribution is 5.45. The molecule has 5 heteroatoms. The van der Waals surface area contributed by atoms with Crippen LogP contribution in [0.3, 0.4) is 0 Å². The minimum absolute atomic E-state index is 0.446. The number of rotatable bonds is 2. The van der Waals surface area contributed by atoms with Crippen LogP contribution in [-0.2, 0) is 0 Å². The summed E-state index contributed by atoms with van der Waals surface area (Å²) in [5, 5.41) is 10.3. The fourth-order valence-corrected chi connectivity index (χ4v) is 0.856. The Kier molecular flexibility index (Phi) is 2.09. The molecule has 2 aromatic rings. The van der Waals surface area contributed by atoms with Crippen LogP contribution in [0, 0.1) is 0 Å². The maximum absolute atomic E-state index is 4.06. The molecule has 0 aliphatic heterocycles. The van der Waals surface area contributed by atoms with E-state index in [4.69, 9.17) is 0 Å². The monoisotopic (exact) mass is 173 g/mol. The maximum atomic E-state index is 4.06. The molecular formula is C8H7N5. The van der Waals surface area contributed by atoms with Gasteiger partial charge in [-0.1, -0.05) is 6.07 Å². The molecule has 1 N–H and O–H groups in total. The van der Waals surface area contributed by atoms with Gasteiger partial charge in [-0.05, 0) is 12.1 Å². The third-order valence-corrected chi connectivity index (χ3v) is 1.39. The Labute approximate surface area is 74.9 Å². The van der Waals surface area contributed by atoms with Gasteiger partial charge < -0.3 is 5.32 Å². The normalized spacial score (nSPS) is 9.54. The van der Waals surface area contributed by atoms with Crippen molar-refractivity contribution in [3.63, 3.8) is 0 Å². The largest absolute Gasteiger partial charge is 0.307 e. The zero-order valence-corrected chi connectivity index (χ0v) is 6.75. The summed E-state index contributed by atoms with van der Waals surface area (Å²) in [5.74, 6) is 1.15. The molecule has 0 amide bonds. The van der Waals surface area contributed by atoms with Crippen molar-refractivity contribution in [2.75, 3.05) is 5.32 Å². The number of hydrogen-bond acceptors (Lipinski definition) is 5. The molecule has 0 saturated heterocycles. The van der Waals surface area contributed by atoms with E-state index in [0.29, 0.717) is 11.8 Å². The molecule has 0 aliphatic carbocycles. The second-order valence-corrected chi connectivity index (χ2v) is 2.31. The molecule has 0 saturated carbocycles. The van der Waals surface area contributed by atoms with Crippen LogP contribution in [0.2, 0.25) is 0 Å². The summed E-state index contributed by atoms with van der Waals surface area (Å²) in [6, 6.07) is 5.55. The van der Waals surface area contributed by atoms with Crippen LogP contribution in [0.4, 0.5) is 11.8 Å². The first-order valence-corrected chi connectivity index (χ1v) is 3.77. The zero-order chi connectivity index (χ0) is 8.93. The molecule has 2 aromatic heterocycles. The van der Waals surface area contributed by atoms with E-state index in [-0.39, 0.29) is 0 Å². The third-order valence-electron chi connectivity index (χ3n) is 1.39. The van der Waals surface area contributed by atoms with Gasteiger partial charge in [-0.2, -0.15) is 5.10 Å². The lowest BCUT2D eigenvalue weighted by Crippen LogP contribution is -1.98. The molecule has 2 rings (SSSR count). The summed E-state index contributed by atoms with van der Waals surface area (Å²) < 4.78 is 0. The van der Waals surface area contributed by atoms with Crippen molar-refractivity contribution in [1.82, 2.24) is 20.2 Å². The quantitative estimate of drug-likeness (QED) is 0.734. The van der Waals surface area contributed by atoms with Crippen LogP contribution >= 0.6 is 0 Å². The number of anilines is 2. The summed E-state index contributed by atoms with van der Waals surface area (Å²) in [6.07, 6.45) is 4.78. The summed E-state index contributed by atoms with van der Waals surface area (Å²) in [5.41, 5.74) is 0. The van der Waals surface area contributed by atoms with Crippen LogP contribution in [0.25, 0.3) is 0 Å². The summed E-state index contributed by atoms with van der Waals surface area (Å²) in [6.45, 7) is 0. The Balaban J connectivity index is 2.16. The van der Waals surface area contributed by atoms with Gasteiger partial charge in [0.2, 0.25) is 5.95 Å². The summed E-state index contributed by atoms with van der Waals surface area (Å²) in [7, 11) is 0. The SMILES string of the molecule is c1ccc(Nc2nccnn2)nc1. The molecule has 0 fully saturated rings. The summed E-state index contributed by atoms with van der Waals surface area (Å²) >= 11 is 0. The van der Waals surface area contributed by atoms with Gasteiger partial charge in [0.15, 0.2) is 0 Å². The maximum Gasteiger partial charge on any atom is 0.248 e. The number of pyridine rings is 1. The molecule has 5 nitrogen and oxygen atoms in total. The van der Waals surface area contributed by atoms with E-state index in [9.17, 15) is 0 Å². The second kappa shape index (κ2) is 3.57. The first-order valence-electron chi connectivity index (χ1n) is 3.77.